The summed E-state index contributed by atoms with van der Waals surface area (Å²) >= 11 is 0. The maximum atomic E-state index is 4.88. The molecule has 1 heteroatoms. The second kappa shape index (κ2) is 3.73. The van der Waals surface area contributed by atoms with Gasteiger partial charge in [0.05, 0.1) is 5.69 Å². The van der Waals surface area contributed by atoms with Gasteiger partial charge in [-0.15, -0.1) is 0 Å². The van der Waals surface area contributed by atoms with E-state index in [0.29, 0.717) is 5.92 Å². The SMILES string of the molecule is Cc1c2c(nc3c1C(C)CC=C3)CCCC2. The third-order valence-corrected chi connectivity index (χ3v) is 4.08. The summed E-state index contributed by atoms with van der Waals surface area (Å²) in [6, 6.07) is 0. The van der Waals surface area contributed by atoms with Crippen LogP contribution in [0.5, 0.6) is 0 Å². The van der Waals surface area contributed by atoms with Gasteiger partial charge in [-0.1, -0.05) is 13.0 Å². The fourth-order valence-electron chi connectivity index (χ4n) is 3.23. The number of pyridine rings is 1. The van der Waals surface area contributed by atoms with Crippen molar-refractivity contribution in [3.8, 4) is 0 Å². The molecule has 1 atom stereocenters. The lowest BCUT2D eigenvalue weighted by atomic mass is 9.82. The topological polar surface area (TPSA) is 12.9 Å². The molecule has 0 spiro atoms. The summed E-state index contributed by atoms with van der Waals surface area (Å²) in [6.45, 7) is 4.63. The Hall–Kier alpha value is -1.11. The molecule has 0 fully saturated rings. The smallest absolute Gasteiger partial charge is 0.0667 e. The first-order valence-electron chi connectivity index (χ1n) is 6.46. The Bertz CT molecular complexity index is 457. The Balaban J connectivity index is 2.23. The highest BCUT2D eigenvalue weighted by Crippen LogP contribution is 2.35. The molecule has 0 aliphatic heterocycles. The zero-order valence-corrected chi connectivity index (χ0v) is 10.2. The van der Waals surface area contributed by atoms with Crippen LogP contribution in [0.3, 0.4) is 0 Å². The van der Waals surface area contributed by atoms with Crippen molar-refractivity contribution in [2.24, 2.45) is 0 Å². The summed E-state index contributed by atoms with van der Waals surface area (Å²) in [5.41, 5.74) is 7.24. The van der Waals surface area contributed by atoms with E-state index < -0.39 is 0 Å². The third-order valence-electron chi connectivity index (χ3n) is 4.08. The lowest BCUT2D eigenvalue weighted by Crippen LogP contribution is -2.14. The van der Waals surface area contributed by atoms with Crippen LogP contribution in [-0.2, 0) is 12.8 Å². The third kappa shape index (κ3) is 1.41. The number of aromatic nitrogens is 1. The number of fused-ring (bicyclic) bond motifs is 2. The minimum atomic E-state index is 0.653. The molecule has 3 rings (SSSR count). The normalized spacial score (nSPS) is 22.8. The fraction of sp³-hybridized carbons (Fsp3) is 0.533. The summed E-state index contributed by atoms with van der Waals surface area (Å²) in [7, 11) is 0. The van der Waals surface area contributed by atoms with Gasteiger partial charge in [0.1, 0.15) is 0 Å². The van der Waals surface area contributed by atoms with Crippen molar-refractivity contribution in [3.05, 3.63) is 34.2 Å². The quantitative estimate of drug-likeness (QED) is 0.639. The highest BCUT2D eigenvalue weighted by Gasteiger charge is 2.22. The highest BCUT2D eigenvalue weighted by atomic mass is 14.7. The molecular formula is C15H19N. The van der Waals surface area contributed by atoms with Crippen LogP contribution in [0.1, 0.15) is 60.2 Å². The predicted octanol–water partition coefficient (Wildman–Crippen LogP) is 3.79. The fourth-order valence-corrected chi connectivity index (χ4v) is 3.23. The molecule has 1 aromatic heterocycles. The number of nitrogens with zero attached hydrogens (tertiary/aromatic N) is 1. The largest absolute Gasteiger partial charge is 0.253 e. The van der Waals surface area contributed by atoms with Gasteiger partial charge >= 0.3 is 0 Å². The van der Waals surface area contributed by atoms with Gasteiger partial charge in [0.2, 0.25) is 0 Å². The maximum Gasteiger partial charge on any atom is 0.0667 e. The zero-order valence-electron chi connectivity index (χ0n) is 10.2. The maximum absolute atomic E-state index is 4.88. The molecule has 0 saturated carbocycles. The number of rotatable bonds is 0. The van der Waals surface area contributed by atoms with Gasteiger partial charge in [-0.05, 0) is 67.7 Å². The Morgan fingerprint density at radius 1 is 1.25 bits per heavy atom. The Kier molecular flexibility index (Phi) is 2.34. The average molecular weight is 213 g/mol. The van der Waals surface area contributed by atoms with Gasteiger partial charge in [0.15, 0.2) is 0 Å². The van der Waals surface area contributed by atoms with E-state index in [1.807, 2.05) is 0 Å². The van der Waals surface area contributed by atoms with Crippen molar-refractivity contribution in [2.75, 3.05) is 0 Å². The first-order chi connectivity index (χ1) is 7.77. The predicted molar refractivity (Wildman–Crippen MR) is 67.7 cm³/mol. The van der Waals surface area contributed by atoms with Crippen LogP contribution in [0.2, 0.25) is 0 Å². The van der Waals surface area contributed by atoms with Crippen LogP contribution in [0.25, 0.3) is 6.08 Å². The van der Waals surface area contributed by atoms with Crippen molar-refractivity contribution in [2.45, 2.75) is 51.9 Å². The molecule has 0 aromatic carbocycles. The number of hydrogen-bond acceptors (Lipinski definition) is 1. The van der Waals surface area contributed by atoms with E-state index in [-0.39, 0.29) is 0 Å². The zero-order chi connectivity index (χ0) is 11.1. The molecule has 1 unspecified atom stereocenters. The molecule has 2 aliphatic carbocycles. The van der Waals surface area contributed by atoms with Crippen LogP contribution < -0.4 is 0 Å². The average Bonchev–Trinajstić information content (AvgIpc) is 2.29. The van der Waals surface area contributed by atoms with Gasteiger partial charge in [0.25, 0.3) is 0 Å². The van der Waals surface area contributed by atoms with Crippen LogP contribution in [-0.4, -0.2) is 4.98 Å². The van der Waals surface area contributed by atoms with Gasteiger partial charge in [-0.2, -0.15) is 0 Å². The highest BCUT2D eigenvalue weighted by molar-refractivity contribution is 5.58. The molecular weight excluding hydrogens is 194 g/mol. The Morgan fingerprint density at radius 3 is 2.94 bits per heavy atom. The van der Waals surface area contributed by atoms with Crippen molar-refractivity contribution >= 4 is 6.08 Å². The van der Waals surface area contributed by atoms with E-state index in [2.05, 4.69) is 26.0 Å². The number of allylic oxidation sites excluding steroid dienone is 1. The first-order valence-corrected chi connectivity index (χ1v) is 6.46. The van der Waals surface area contributed by atoms with E-state index in [9.17, 15) is 0 Å². The minimum Gasteiger partial charge on any atom is -0.253 e. The lowest BCUT2D eigenvalue weighted by Gasteiger charge is -2.26. The van der Waals surface area contributed by atoms with Crippen molar-refractivity contribution in [1.29, 1.82) is 0 Å². The van der Waals surface area contributed by atoms with Crippen LogP contribution >= 0.6 is 0 Å². The van der Waals surface area contributed by atoms with Crippen molar-refractivity contribution < 1.29 is 0 Å². The van der Waals surface area contributed by atoms with Gasteiger partial charge in [-0.25, -0.2) is 0 Å². The summed E-state index contributed by atoms with van der Waals surface area (Å²) in [5.74, 6) is 0.653. The molecule has 0 radical (unpaired) electrons. The molecule has 2 aliphatic rings. The molecule has 0 saturated heterocycles. The van der Waals surface area contributed by atoms with Gasteiger partial charge < -0.3 is 0 Å². The molecule has 0 bridgehead atoms. The van der Waals surface area contributed by atoms with Gasteiger partial charge in [0, 0.05) is 5.69 Å². The number of aryl methyl sites for hydroxylation is 1. The van der Waals surface area contributed by atoms with Crippen LogP contribution in [0.4, 0.5) is 0 Å². The van der Waals surface area contributed by atoms with Crippen LogP contribution in [0.15, 0.2) is 6.08 Å². The van der Waals surface area contributed by atoms with E-state index in [0.717, 1.165) is 0 Å². The molecule has 1 nitrogen and oxygen atoms in total. The van der Waals surface area contributed by atoms with E-state index in [4.69, 9.17) is 4.98 Å². The minimum absolute atomic E-state index is 0.653. The van der Waals surface area contributed by atoms with E-state index >= 15 is 0 Å². The summed E-state index contributed by atoms with van der Waals surface area (Å²) in [4.78, 5) is 4.88. The second-order valence-electron chi connectivity index (χ2n) is 5.21. The molecule has 1 heterocycles. The lowest BCUT2D eigenvalue weighted by molar-refractivity contribution is 0.651. The Morgan fingerprint density at radius 2 is 2.06 bits per heavy atom. The van der Waals surface area contributed by atoms with Crippen LogP contribution in [0, 0.1) is 6.92 Å². The Labute approximate surface area is 97.6 Å². The molecule has 16 heavy (non-hydrogen) atoms. The molecule has 0 amide bonds. The molecule has 84 valence electrons. The first kappa shape index (κ1) is 10.1. The van der Waals surface area contributed by atoms with E-state index in [1.54, 1.807) is 5.56 Å². The van der Waals surface area contributed by atoms with Crippen molar-refractivity contribution in [3.63, 3.8) is 0 Å². The number of hydrogen-bond donors (Lipinski definition) is 0. The summed E-state index contributed by atoms with van der Waals surface area (Å²) in [6.07, 6.45) is 10.8. The van der Waals surface area contributed by atoms with Crippen molar-refractivity contribution in [1.82, 2.24) is 4.98 Å². The standard InChI is InChI=1S/C15H19N/c1-10-6-5-9-14-15(10)11(2)12-7-3-4-8-13(12)16-14/h5,9-10H,3-4,6-8H2,1-2H3. The summed E-state index contributed by atoms with van der Waals surface area (Å²) < 4.78 is 0. The monoisotopic (exact) mass is 213 g/mol. The second-order valence-corrected chi connectivity index (χ2v) is 5.21. The van der Waals surface area contributed by atoms with E-state index in [1.165, 1.54) is 54.6 Å². The molecule has 1 aromatic rings. The molecule has 0 N–H and O–H groups in total. The van der Waals surface area contributed by atoms with Gasteiger partial charge in [-0.3, -0.25) is 4.98 Å². The summed E-state index contributed by atoms with van der Waals surface area (Å²) in [5, 5.41) is 0.